The van der Waals surface area contributed by atoms with E-state index in [0.717, 1.165) is 0 Å². The number of nitrogens with zero attached hydrogens (tertiary/aromatic N) is 2. The molecule has 0 radical (unpaired) electrons. The largest absolute Gasteiger partial charge is 0.397 e. The lowest BCUT2D eigenvalue weighted by atomic mass is 10.2. The zero-order valence-corrected chi connectivity index (χ0v) is 7.87. The van der Waals surface area contributed by atoms with Crippen LogP contribution >= 0.6 is 11.6 Å². The molecule has 2 aromatic rings. The molecule has 1 aromatic heterocycles. The third-order valence-corrected chi connectivity index (χ3v) is 2.11. The number of rotatable bonds is 1. The summed E-state index contributed by atoms with van der Waals surface area (Å²) in [6.07, 6.45) is 3.27. The van der Waals surface area contributed by atoms with Crippen LogP contribution in [0, 0.1) is 5.82 Å². The summed E-state index contributed by atoms with van der Waals surface area (Å²) in [5, 5.41) is 3.96. The van der Waals surface area contributed by atoms with E-state index in [9.17, 15) is 4.39 Å². The minimum atomic E-state index is -0.508. The van der Waals surface area contributed by atoms with E-state index in [4.69, 9.17) is 17.3 Å². The quantitative estimate of drug-likeness (QED) is 0.736. The molecule has 0 amide bonds. The van der Waals surface area contributed by atoms with E-state index in [-0.39, 0.29) is 5.02 Å². The Morgan fingerprint density at radius 3 is 2.86 bits per heavy atom. The summed E-state index contributed by atoms with van der Waals surface area (Å²) in [5.74, 6) is -0.508. The van der Waals surface area contributed by atoms with Crippen molar-refractivity contribution in [1.29, 1.82) is 0 Å². The molecular formula is C9H7ClFN3. The van der Waals surface area contributed by atoms with E-state index in [1.54, 1.807) is 18.5 Å². The van der Waals surface area contributed by atoms with Crippen LogP contribution in [0.5, 0.6) is 0 Å². The molecule has 2 N–H and O–H groups in total. The zero-order chi connectivity index (χ0) is 10.1. The van der Waals surface area contributed by atoms with E-state index in [0.29, 0.717) is 11.4 Å². The second-order valence-corrected chi connectivity index (χ2v) is 3.18. The number of hydrogen-bond acceptors (Lipinski definition) is 2. The minimum absolute atomic E-state index is 0.0124. The first-order valence-electron chi connectivity index (χ1n) is 3.93. The maximum absolute atomic E-state index is 13.1. The summed E-state index contributed by atoms with van der Waals surface area (Å²) in [6.45, 7) is 0. The minimum Gasteiger partial charge on any atom is -0.397 e. The first kappa shape index (κ1) is 9.02. The average molecular weight is 212 g/mol. The smallest absolute Gasteiger partial charge is 0.144 e. The van der Waals surface area contributed by atoms with Crippen molar-refractivity contribution in [3.63, 3.8) is 0 Å². The Labute approximate surface area is 84.9 Å². The maximum Gasteiger partial charge on any atom is 0.144 e. The third-order valence-electron chi connectivity index (χ3n) is 1.82. The molecule has 2 rings (SSSR count). The number of aromatic nitrogens is 2. The fourth-order valence-corrected chi connectivity index (χ4v) is 1.33. The Bertz CT molecular complexity index is 453. The molecule has 0 aliphatic rings. The summed E-state index contributed by atoms with van der Waals surface area (Å²) in [5.41, 5.74) is 6.54. The molecule has 0 saturated heterocycles. The Balaban J connectivity index is 2.60. The van der Waals surface area contributed by atoms with Crippen LogP contribution in [-0.2, 0) is 0 Å². The molecule has 0 saturated carbocycles. The number of nitrogens with two attached hydrogens (primary N) is 1. The van der Waals surface area contributed by atoms with Gasteiger partial charge in [-0.15, -0.1) is 0 Å². The van der Waals surface area contributed by atoms with Crippen LogP contribution in [-0.4, -0.2) is 9.78 Å². The van der Waals surface area contributed by atoms with Gasteiger partial charge in [0.05, 0.1) is 16.4 Å². The fourth-order valence-electron chi connectivity index (χ4n) is 1.16. The van der Waals surface area contributed by atoms with Crippen LogP contribution in [0.2, 0.25) is 5.02 Å². The van der Waals surface area contributed by atoms with Crippen molar-refractivity contribution in [2.75, 3.05) is 5.73 Å². The molecule has 3 nitrogen and oxygen atoms in total. The normalized spacial score (nSPS) is 10.4. The Kier molecular flexibility index (Phi) is 2.13. The molecule has 0 aliphatic carbocycles. The lowest BCUT2D eigenvalue weighted by Crippen LogP contribution is -2.01. The second-order valence-electron chi connectivity index (χ2n) is 2.78. The van der Waals surface area contributed by atoms with Crippen LogP contribution in [0.3, 0.4) is 0 Å². The molecule has 72 valence electrons. The number of benzene rings is 1. The van der Waals surface area contributed by atoms with Gasteiger partial charge in [-0.25, -0.2) is 9.07 Å². The number of nitrogen functional groups attached to an aromatic ring is 1. The predicted octanol–water partition coefficient (Wildman–Crippen LogP) is 2.25. The zero-order valence-electron chi connectivity index (χ0n) is 7.11. The van der Waals surface area contributed by atoms with Crippen molar-refractivity contribution in [2.45, 2.75) is 0 Å². The molecule has 0 atom stereocenters. The van der Waals surface area contributed by atoms with Gasteiger partial charge in [-0.3, -0.25) is 0 Å². The van der Waals surface area contributed by atoms with Gasteiger partial charge in [-0.1, -0.05) is 11.6 Å². The highest BCUT2D eigenvalue weighted by molar-refractivity contribution is 6.31. The van der Waals surface area contributed by atoms with Crippen LogP contribution in [0.1, 0.15) is 0 Å². The lowest BCUT2D eigenvalue weighted by Gasteiger charge is -2.06. The highest BCUT2D eigenvalue weighted by Crippen LogP contribution is 2.24. The Morgan fingerprint density at radius 1 is 1.43 bits per heavy atom. The summed E-state index contributed by atoms with van der Waals surface area (Å²) in [7, 11) is 0. The van der Waals surface area contributed by atoms with Crippen molar-refractivity contribution in [1.82, 2.24) is 9.78 Å². The van der Waals surface area contributed by atoms with Crippen molar-refractivity contribution < 1.29 is 4.39 Å². The molecule has 5 heteroatoms. The summed E-state index contributed by atoms with van der Waals surface area (Å²) < 4.78 is 14.6. The highest BCUT2D eigenvalue weighted by atomic mass is 35.5. The van der Waals surface area contributed by atoms with E-state index < -0.39 is 5.82 Å². The molecule has 1 aromatic carbocycles. The van der Waals surface area contributed by atoms with Gasteiger partial charge >= 0.3 is 0 Å². The van der Waals surface area contributed by atoms with Gasteiger partial charge in [0.1, 0.15) is 5.82 Å². The average Bonchev–Trinajstić information content (AvgIpc) is 2.64. The van der Waals surface area contributed by atoms with Gasteiger partial charge in [0.2, 0.25) is 0 Å². The first-order chi connectivity index (χ1) is 6.68. The molecule has 14 heavy (non-hydrogen) atoms. The van der Waals surface area contributed by atoms with Crippen molar-refractivity contribution in [2.24, 2.45) is 0 Å². The highest BCUT2D eigenvalue weighted by Gasteiger charge is 2.07. The van der Waals surface area contributed by atoms with Crippen LogP contribution in [0.25, 0.3) is 5.69 Å². The molecule has 1 heterocycles. The van der Waals surface area contributed by atoms with Gasteiger partial charge in [-0.2, -0.15) is 5.10 Å². The standard InChI is InChI=1S/C9H7ClFN3/c10-6-4-8(12)9(5-7(6)11)14-3-1-2-13-14/h1-5H,12H2. The summed E-state index contributed by atoms with van der Waals surface area (Å²) in [6, 6.07) is 4.35. The van der Waals surface area contributed by atoms with Gasteiger partial charge in [0.15, 0.2) is 0 Å². The first-order valence-corrected chi connectivity index (χ1v) is 4.31. The van der Waals surface area contributed by atoms with Crippen LogP contribution in [0.4, 0.5) is 10.1 Å². The number of halogens is 2. The monoisotopic (exact) mass is 211 g/mol. The molecule has 0 bridgehead atoms. The second kappa shape index (κ2) is 3.31. The molecule has 0 fully saturated rings. The van der Waals surface area contributed by atoms with Gasteiger partial charge in [-0.05, 0) is 12.1 Å². The molecule has 0 spiro atoms. The predicted molar refractivity (Wildman–Crippen MR) is 52.9 cm³/mol. The Hall–Kier alpha value is -1.55. The maximum atomic E-state index is 13.1. The van der Waals surface area contributed by atoms with Gasteiger partial charge in [0.25, 0.3) is 0 Å². The van der Waals surface area contributed by atoms with Crippen molar-refractivity contribution in [3.8, 4) is 5.69 Å². The summed E-state index contributed by atoms with van der Waals surface area (Å²) in [4.78, 5) is 0. The van der Waals surface area contributed by atoms with Crippen LogP contribution < -0.4 is 5.73 Å². The number of anilines is 1. The van der Waals surface area contributed by atoms with Crippen molar-refractivity contribution in [3.05, 3.63) is 41.4 Å². The van der Waals surface area contributed by atoms with Gasteiger partial charge < -0.3 is 5.73 Å². The SMILES string of the molecule is Nc1cc(Cl)c(F)cc1-n1cccn1. The van der Waals surface area contributed by atoms with Gasteiger partial charge in [0, 0.05) is 18.5 Å². The molecular weight excluding hydrogens is 205 g/mol. The van der Waals surface area contributed by atoms with E-state index >= 15 is 0 Å². The van der Waals surface area contributed by atoms with E-state index in [1.165, 1.54) is 16.8 Å². The number of hydrogen-bond donors (Lipinski definition) is 1. The molecule has 0 unspecified atom stereocenters. The Morgan fingerprint density at radius 2 is 2.21 bits per heavy atom. The van der Waals surface area contributed by atoms with E-state index in [1.807, 2.05) is 0 Å². The van der Waals surface area contributed by atoms with Crippen molar-refractivity contribution >= 4 is 17.3 Å². The molecule has 0 aliphatic heterocycles. The topological polar surface area (TPSA) is 43.8 Å². The fraction of sp³-hybridized carbons (Fsp3) is 0. The lowest BCUT2D eigenvalue weighted by molar-refractivity contribution is 0.626. The third kappa shape index (κ3) is 1.44. The summed E-state index contributed by atoms with van der Waals surface area (Å²) >= 11 is 5.56. The van der Waals surface area contributed by atoms with Crippen LogP contribution in [0.15, 0.2) is 30.6 Å². The van der Waals surface area contributed by atoms with E-state index in [2.05, 4.69) is 5.10 Å².